The lowest BCUT2D eigenvalue weighted by Crippen LogP contribution is -2.39. The summed E-state index contributed by atoms with van der Waals surface area (Å²) in [6.07, 6.45) is -4.16. The third-order valence-electron chi connectivity index (χ3n) is 5.41. The van der Waals surface area contributed by atoms with Crippen molar-refractivity contribution in [1.29, 1.82) is 0 Å². The fourth-order valence-corrected chi connectivity index (χ4v) is 5.53. The molecule has 0 atom stereocenters. The van der Waals surface area contributed by atoms with Crippen LogP contribution in [0.25, 0.3) is 0 Å². The summed E-state index contributed by atoms with van der Waals surface area (Å²) in [5, 5.41) is 6.06. The molecule has 0 spiro atoms. The average molecular weight is 539 g/mol. The molecule has 0 saturated carbocycles. The van der Waals surface area contributed by atoms with E-state index >= 15 is 0 Å². The van der Waals surface area contributed by atoms with Gasteiger partial charge in [0.2, 0.25) is 0 Å². The third-order valence-corrected chi connectivity index (χ3v) is 7.23. The van der Waals surface area contributed by atoms with Gasteiger partial charge < -0.3 is 21.3 Å². The molecular formula is C23H18ClF3N4O2S2. The fourth-order valence-electron chi connectivity index (χ4n) is 3.77. The van der Waals surface area contributed by atoms with Gasteiger partial charge in [0, 0.05) is 11.4 Å². The van der Waals surface area contributed by atoms with Crippen LogP contribution in [-0.2, 0) is 19.1 Å². The third kappa shape index (κ3) is 5.26. The first-order valence-corrected chi connectivity index (χ1v) is 11.9. The number of fused-ring (bicyclic) bond motifs is 1. The number of hydrogen-bond donors (Lipinski definition) is 3. The molecule has 182 valence electrons. The van der Waals surface area contributed by atoms with Gasteiger partial charge in [-0.25, -0.2) is 0 Å². The lowest BCUT2D eigenvalue weighted by Gasteiger charge is -2.30. The molecular weight excluding hydrogens is 521 g/mol. The van der Waals surface area contributed by atoms with Crippen molar-refractivity contribution in [2.24, 2.45) is 5.73 Å². The normalized spacial score (nSPS) is 13.2. The van der Waals surface area contributed by atoms with Crippen LogP contribution in [0.3, 0.4) is 0 Å². The van der Waals surface area contributed by atoms with Crippen LogP contribution in [0.5, 0.6) is 0 Å². The van der Waals surface area contributed by atoms with Crippen LogP contribution in [0.4, 0.5) is 23.9 Å². The van der Waals surface area contributed by atoms with Crippen LogP contribution in [-0.4, -0.2) is 28.4 Å². The Morgan fingerprint density at radius 2 is 1.77 bits per heavy atom. The number of para-hydroxylation sites is 1. The maximum Gasteiger partial charge on any atom is 0.418 e. The predicted octanol–water partition coefficient (Wildman–Crippen LogP) is 5.53. The Bertz CT molecular complexity index is 1330. The standard InChI is InChI=1S/C23H18ClF3N4O2S2/c24-15-7-3-1-5-12(15)20(33)30-21-18(19(28)32)13-9-10-31(11-17(13)35-21)22(34)29-16-8-4-2-6-14(16)23(25,26)27/h1-8H,9-11H2,(H2,28,32)(H,29,34)(H,30,33). The van der Waals surface area contributed by atoms with E-state index in [2.05, 4.69) is 10.6 Å². The van der Waals surface area contributed by atoms with Crippen molar-refractivity contribution in [2.75, 3.05) is 17.2 Å². The van der Waals surface area contributed by atoms with Crippen LogP contribution >= 0.6 is 35.2 Å². The van der Waals surface area contributed by atoms with E-state index in [1.54, 1.807) is 29.2 Å². The van der Waals surface area contributed by atoms with E-state index in [1.165, 1.54) is 29.5 Å². The van der Waals surface area contributed by atoms with E-state index < -0.39 is 23.6 Å². The molecule has 1 aromatic heterocycles. The van der Waals surface area contributed by atoms with Gasteiger partial charge in [0.05, 0.1) is 33.9 Å². The summed E-state index contributed by atoms with van der Waals surface area (Å²) >= 11 is 12.7. The molecule has 0 aliphatic carbocycles. The molecule has 35 heavy (non-hydrogen) atoms. The Balaban J connectivity index is 1.56. The van der Waals surface area contributed by atoms with E-state index in [4.69, 9.17) is 29.6 Å². The number of anilines is 2. The van der Waals surface area contributed by atoms with Crippen LogP contribution in [0.15, 0.2) is 48.5 Å². The Morgan fingerprint density at radius 3 is 2.46 bits per heavy atom. The number of carbonyl (C=O) groups is 2. The van der Waals surface area contributed by atoms with Gasteiger partial charge in [0.1, 0.15) is 5.00 Å². The van der Waals surface area contributed by atoms with Crippen molar-refractivity contribution >= 4 is 62.8 Å². The van der Waals surface area contributed by atoms with E-state index in [9.17, 15) is 22.8 Å². The number of primary amides is 1. The minimum absolute atomic E-state index is 0.114. The number of nitrogens with zero attached hydrogens (tertiary/aromatic N) is 1. The summed E-state index contributed by atoms with van der Waals surface area (Å²) < 4.78 is 40.0. The number of thiophene rings is 1. The highest BCUT2D eigenvalue weighted by molar-refractivity contribution is 7.80. The number of carbonyl (C=O) groups excluding carboxylic acids is 2. The highest BCUT2D eigenvalue weighted by Crippen LogP contribution is 2.38. The quantitative estimate of drug-likeness (QED) is 0.380. The zero-order valence-corrected chi connectivity index (χ0v) is 20.3. The second kappa shape index (κ2) is 9.84. The second-order valence-corrected chi connectivity index (χ2v) is 9.55. The molecule has 2 amide bonds. The average Bonchev–Trinajstić information content (AvgIpc) is 3.16. The zero-order chi connectivity index (χ0) is 25.3. The predicted molar refractivity (Wildman–Crippen MR) is 134 cm³/mol. The van der Waals surface area contributed by atoms with Crippen LogP contribution in [0.1, 0.15) is 36.7 Å². The number of halogens is 4. The molecule has 0 unspecified atom stereocenters. The van der Waals surface area contributed by atoms with Crippen molar-refractivity contribution in [3.8, 4) is 0 Å². The molecule has 2 heterocycles. The summed E-state index contributed by atoms with van der Waals surface area (Å²) in [5.74, 6) is -1.18. The minimum Gasteiger partial charge on any atom is -0.365 e. The first kappa shape index (κ1) is 25.0. The van der Waals surface area contributed by atoms with Gasteiger partial charge in [-0.05, 0) is 48.5 Å². The largest absolute Gasteiger partial charge is 0.418 e. The van der Waals surface area contributed by atoms with Crippen molar-refractivity contribution in [3.63, 3.8) is 0 Å². The lowest BCUT2D eigenvalue weighted by atomic mass is 10.0. The number of nitrogens with one attached hydrogen (secondary N) is 2. The molecule has 1 aliphatic heterocycles. The van der Waals surface area contributed by atoms with E-state index in [1.807, 2.05) is 0 Å². The Hall–Kier alpha value is -3.15. The molecule has 12 heteroatoms. The van der Waals surface area contributed by atoms with Gasteiger partial charge in [-0.3, -0.25) is 9.59 Å². The van der Waals surface area contributed by atoms with E-state index in [0.717, 1.165) is 10.9 Å². The molecule has 4 rings (SSSR count). The van der Waals surface area contributed by atoms with Gasteiger partial charge in [-0.1, -0.05) is 35.9 Å². The fraction of sp³-hybridized carbons (Fsp3) is 0.174. The topological polar surface area (TPSA) is 87.5 Å². The molecule has 2 aromatic carbocycles. The van der Waals surface area contributed by atoms with Gasteiger partial charge >= 0.3 is 6.18 Å². The van der Waals surface area contributed by atoms with E-state index in [0.29, 0.717) is 18.5 Å². The van der Waals surface area contributed by atoms with Gasteiger partial charge in [0.25, 0.3) is 11.8 Å². The molecule has 1 aliphatic rings. The number of rotatable bonds is 4. The summed E-state index contributed by atoms with van der Waals surface area (Å²) in [7, 11) is 0. The van der Waals surface area contributed by atoms with E-state index in [-0.39, 0.29) is 38.5 Å². The lowest BCUT2D eigenvalue weighted by molar-refractivity contribution is -0.136. The molecule has 0 radical (unpaired) electrons. The highest BCUT2D eigenvalue weighted by atomic mass is 35.5. The number of nitrogens with two attached hydrogens (primary N) is 1. The summed E-state index contributed by atoms with van der Waals surface area (Å²) in [6.45, 7) is 0.587. The molecule has 0 saturated heterocycles. The first-order valence-electron chi connectivity index (χ1n) is 10.3. The maximum absolute atomic E-state index is 13.3. The highest BCUT2D eigenvalue weighted by Gasteiger charge is 2.34. The van der Waals surface area contributed by atoms with Crippen molar-refractivity contribution in [1.82, 2.24) is 4.90 Å². The Morgan fingerprint density at radius 1 is 1.09 bits per heavy atom. The molecule has 3 aromatic rings. The first-order chi connectivity index (χ1) is 16.6. The number of hydrogen-bond acceptors (Lipinski definition) is 4. The van der Waals surface area contributed by atoms with Gasteiger partial charge in [-0.15, -0.1) is 11.3 Å². The molecule has 4 N–H and O–H groups in total. The summed E-state index contributed by atoms with van der Waals surface area (Å²) in [6, 6.07) is 11.6. The molecule has 6 nitrogen and oxygen atoms in total. The van der Waals surface area contributed by atoms with Crippen LogP contribution in [0, 0.1) is 0 Å². The summed E-state index contributed by atoms with van der Waals surface area (Å²) in [5.41, 5.74) is 5.79. The number of thiocarbonyl (C=S) groups is 1. The Kier molecular flexibility index (Phi) is 7.02. The summed E-state index contributed by atoms with van der Waals surface area (Å²) in [4.78, 5) is 27.4. The number of benzene rings is 2. The van der Waals surface area contributed by atoms with Gasteiger partial charge in [-0.2, -0.15) is 13.2 Å². The zero-order valence-electron chi connectivity index (χ0n) is 17.9. The Labute approximate surface area is 212 Å². The minimum atomic E-state index is -4.53. The molecule has 0 bridgehead atoms. The van der Waals surface area contributed by atoms with Crippen molar-refractivity contribution < 1.29 is 22.8 Å². The van der Waals surface area contributed by atoms with Crippen molar-refractivity contribution in [3.05, 3.63) is 80.7 Å². The van der Waals surface area contributed by atoms with Crippen LogP contribution in [0.2, 0.25) is 5.02 Å². The monoisotopic (exact) mass is 538 g/mol. The van der Waals surface area contributed by atoms with Gasteiger partial charge in [0.15, 0.2) is 5.11 Å². The molecule has 0 fully saturated rings. The number of alkyl halides is 3. The smallest absolute Gasteiger partial charge is 0.365 e. The second-order valence-electron chi connectivity index (χ2n) is 7.65. The number of amides is 2. The van der Waals surface area contributed by atoms with Crippen LogP contribution < -0.4 is 16.4 Å². The SMILES string of the molecule is NC(=O)c1c(NC(=O)c2ccccc2Cl)sc2c1CCN(C(=S)Nc1ccccc1C(F)(F)F)C2. The maximum atomic E-state index is 13.3. The van der Waals surface area contributed by atoms with Crippen molar-refractivity contribution in [2.45, 2.75) is 19.1 Å².